The zero-order chi connectivity index (χ0) is 14.1. The van der Waals surface area contributed by atoms with Gasteiger partial charge in [0.25, 0.3) is 0 Å². The molecule has 0 aliphatic heterocycles. The van der Waals surface area contributed by atoms with E-state index in [0.717, 1.165) is 11.3 Å². The second-order valence-electron chi connectivity index (χ2n) is 5.67. The maximum atomic E-state index is 11.3. The first-order valence-corrected chi connectivity index (χ1v) is 8.01. The molecule has 4 heteroatoms. The van der Waals surface area contributed by atoms with Gasteiger partial charge in [-0.2, -0.15) is 0 Å². The van der Waals surface area contributed by atoms with Crippen LogP contribution in [0.15, 0.2) is 18.2 Å². The van der Waals surface area contributed by atoms with E-state index in [1.54, 1.807) is 12.1 Å². The fourth-order valence-electron chi connectivity index (χ4n) is 1.95. The van der Waals surface area contributed by atoms with Crippen molar-refractivity contribution in [1.82, 2.24) is 0 Å². The number of para-hydroxylation sites is 1. The number of carboxylic acid groups (broad SMARTS) is 1. The summed E-state index contributed by atoms with van der Waals surface area (Å²) < 4.78 is 2.17. The second kappa shape index (κ2) is 5.14. The van der Waals surface area contributed by atoms with Crippen molar-refractivity contribution >= 4 is 20.6 Å². The number of hydrogen-bond donors (Lipinski definition) is 1. The highest BCUT2D eigenvalue weighted by Crippen LogP contribution is 2.33. The Balaban J connectivity index is 3.28. The smallest absolute Gasteiger partial charge is 0.337 e. The third-order valence-electron chi connectivity index (χ3n) is 3.39. The first-order valence-electron chi connectivity index (χ1n) is 6.07. The minimum atomic E-state index is -0.857. The molecule has 0 bridgehead atoms. The molecule has 0 amide bonds. The topological polar surface area (TPSA) is 40.5 Å². The van der Waals surface area contributed by atoms with Gasteiger partial charge in [-0.05, 0) is 30.6 Å². The maximum Gasteiger partial charge on any atom is 0.337 e. The Hall–Kier alpha value is -1.29. The lowest BCUT2D eigenvalue weighted by Crippen LogP contribution is -2.41. The zero-order valence-corrected chi connectivity index (χ0v) is 13.0. The van der Waals surface area contributed by atoms with Crippen LogP contribution in [-0.2, 0) is 0 Å². The third kappa shape index (κ3) is 2.93. The Morgan fingerprint density at radius 1 is 1.33 bits per heavy atom. The molecule has 0 aromatic heterocycles. The molecule has 0 aliphatic carbocycles. The minimum Gasteiger partial charge on any atom is -0.478 e. The lowest BCUT2D eigenvalue weighted by molar-refractivity contribution is 0.0697. The predicted molar refractivity (Wildman–Crippen MR) is 77.9 cm³/mol. The molecule has 3 nitrogen and oxygen atoms in total. The van der Waals surface area contributed by atoms with Gasteiger partial charge in [0.05, 0.1) is 5.56 Å². The van der Waals surface area contributed by atoms with Crippen molar-refractivity contribution in [3.63, 3.8) is 0 Å². The molecule has 18 heavy (non-hydrogen) atoms. The van der Waals surface area contributed by atoms with E-state index in [-0.39, 0.29) is 5.04 Å². The number of anilines is 1. The summed E-state index contributed by atoms with van der Waals surface area (Å²) in [5, 5.41) is 9.50. The van der Waals surface area contributed by atoms with Crippen LogP contribution in [-0.4, -0.2) is 27.1 Å². The van der Waals surface area contributed by atoms with Crippen molar-refractivity contribution in [3.8, 4) is 0 Å². The van der Waals surface area contributed by atoms with Crippen LogP contribution in [0.5, 0.6) is 0 Å². The van der Waals surface area contributed by atoms with Crippen LogP contribution in [0.25, 0.3) is 0 Å². The van der Waals surface area contributed by atoms with Gasteiger partial charge in [-0.1, -0.05) is 39.5 Å². The van der Waals surface area contributed by atoms with Crippen molar-refractivity contribution in [2.24, 2.45) is 0 Å². The first kappa shape index (κ1) is 14.8. The van der Waals surface area contributed by atoms with E-state index in [4.69, 9.17) is 0 Å². The third-order valence-corrected chi connectivity index (χ3v) is 6.79. The summed E-state index contributed by atoms with van der Waals surface area (Å²) in [6.07, 6.45) is 0. The van der Waals surface area contributed by atoms with Crippen LogP contribution < -0.4 is 4.57 Å². The van der Waals surface area contributed by atoms with Crippen LogP contribution >= 0.6 is 0 Å². The molecule has 0 heterocycles. The lowest BCUT2D eigenvalue weighted by Gasteiger charge is -2.36. The Kier molecular flexibility index (Phi) is 4.22. The Morgan fingerprint density at radius 3 is 2.33 bits per heavy atom. The van der Waals surface area contributed by atoms with Gasteiger partial charge in [-0.15, -0.1) is 0 Å². The number of benzene rings is 1. The van der Waals surface area contributed by atoms with Gasteiger partial charge >= 0.3 is 5.97 Å². The number of aromatic carboxylic acids is 1. The molecule has 99 valence electrons. The SMILES string of the molecule is Cc1cccc(C(=O)O)c1N(C)[Si](C)C(C)(C)C. The summed E-state index contributed by atoms with van der Waals surface area (Å²) in [5.41, 5.74) is 2.27. The molecular formula is C14H22NO2Si. The van der Waals surface area contributed by atoms with E-state index in [1.165, 1.54) is 0 Å². The summed E-state index contributed by atoms with van der Waals surface area (Å²) in [7, 11) is 1.17. The first-order chi connectivity index (χ1) is 8.16. The average Bonchev–Trinajstić information content (AvgIpc) is 2.25. The van der Waals surface area contributed by atoms with Gasteiger partial charge in [0.1, 0.15) is 0 Å². The van der Waals surface area contributed by atoms with E-state index in [0.29, 0.717) is 5.56 Å². The summed E-state index contributed by atoms with van der Waals surface area (Å²) in [5.74, 6) is -0.857. The molecular weight excluding hydrogens is 242 g/mol. The fourth-order valence-corrected chi connectivity index (χ4v) is 3.59. The molecule has 0 saturated heterocycles. The number of hydrogen-bond acceptors (Lipinski definition) is 2. The van der Waals surface area contributed by atoms with Crippen LogP contribution in [0.1, 0.15) is 36.7 Å². The Morgan fingerprint density at radius 2 is 1.89 bits per heavy atom. The van der Waals surface area contributed by atoms with E-state index >= 15 is 0 Å². The number of aryl methyl sites for hydroxylation is 1. The summed E-state index contributed by atoms with van der Waals surface area (Å²) in [4.78, 5) is 11.3. The van der Waals surface area contributed by atoms with Crippen LogP contribution in [0.3, 0.4) is 0 Å². The molecule has 0 spiro atoms. The monoisotopic (exact) mass is 264 g/mol. The highest BCUT2D eigenvalue weighted by Gasteiger charge is 2.29. The maximum absolute atomic E-state index is 11.3. The number of rotatable bonds is 3. The minimum absolute atomic E-state index is 0.192. The largest absolute Gasteiger partial charge is 0.478 e. The van der Waals surface area contributed by atoms with E-state index < -0.39 is 14.9 Å². The molecule has 1 radical (unpaired) electrons. The summed E-state index contributed by atoms with van der Waals surface area (Å²) in [6.45, 7) is 10.8. The highest BCUT2D eigenvalue weighted by molar-refractivity contribution is 6.65. The molecule has 0 aliphatic rings. The van der Waals surface area contributed by atoms with Crippen LogP contribution in [0, 0.1) is 6.92 Å². The molecule has 0 atom stereocenters. The average molecular weight is 264 g/mol. The van der Waals surface area contributed by atoms with E-state index in [9.17, 15) is 9.90 Å². The molecule has 0 unspecified atom stereocenters. The second-order valence-corrected chi connectivity index (χ2v) is 9.01. The van der Waals surface area contributed by atoms with Crippen LogP contribution in [0.4, 0.5) is 5.69 Å². The normalized spacial score (nSPS) is 11.7. The summed E-state index contributed by atoms with van der Waals surface area (Å²) in [6, 6.07) is 5.45. The number of carbonyl (C=O) groups is 1. The van der Waals surface area contributed by atoms with Crippen molar-refractivity contribution < 1.29 is 9.90 Å². The van der Waals surface area contributed by atoms with Gasteiger partial charge in [0, 0.05) is 5.69 Å². The predicted octanol–water partition coefficient (Wildman–Crippen LogP) is 3.55. The van der Waals surface area contributed by atoms with Crippen LogP contribution in [0.2, 0.25) is 11.6 Å². The summed E-state index contributed by atoms with van der Waals surface area (Å²) >= 11 is 0. The van der Waals surface area contributed by atoms with Gasteiger partial charge < -0.3 is 9.67 Å². The molecule has 1 aromatic rings. The molecule has 1 aromatic carbocycles. The Labute approximate surface area is 111 Å². The molecule has 0 saturated carbocycles. The Bertz CT molecular complexity index is 452. The fraction of sp³-hybridized carbons (Fsp3) is 0.500. The highest BCUT2D eigenvalue weighted by atomic mass is 28.3. The molecule has 1 rings (SSSR count). The van der Waals surface area contributed by atoms with E-state index in [2.05, 4.69) is 31.9 Å². The van der Waals surface area contributed by atoms with Crippen molar-refractivity contribution in [2.45, 2.75) is 39.3 Å². The standard InChI is InChI=1S/C14H22NO2Si/c1-10-8-7-9-11(13(16)17)12(10)15(5)18(6)14(2,3)4/h7-9H,1-6H3,(H,16,17). The van der Waals surface area contributed by atoms with Crippen molar-refractivity contribution in [2.75, 3.05) is 11.6 Å². The van der Waals surface area contributed by atoms with Crippen molar-refractivity contribution in [3.05, 3.63) is 29.3 Å². The number of carboxylic acids is 1. The number of nitrogens with zero attached hydrogens (tertiary/aromatic N) is 1. The zero-order valence-electron chi connectivity index (χ0n) is 12.0. The van der Waals surface area contributed by atoms with Gasteiger partial charge in [-0.25, -0.2) is 4.79 Å². The molecule has 0 fully saturated rings. The van der Waals surface area contributed by atoms with E-state index in [1.807, 2.05) is 20.0 Å². The lowest BCUT2D eigenvalue weighted by atomic mass is 10.1. The molecule has 1 N–H and O–H groups in total. The van der Waals surface area contributed by atoms with Gasteiger partial charge in [0.2, 0.25) is 0 Å². The quantitative estimate of drug-likeness (QED) is 0.849. The van der Waals surface area contributed by atoms with Gasteiger partial charge in [-0.3, -0.25) is 0 Å². The van der Waals surface area contributed by atoms with Gasteiger partial charge in [0.15, 0.2) is 8.96 Å². The van der Waals surface area contributed by atoms with Crippen molar-refractivity contribution in [1.29, 1.82) is 0 Å².